The lowest BCUT2D eigenvalue weighted by molar-refractivity contribution is -0.918. The topological polar surface area (TPSA) is 62.1 Å². The fraction of sp³-hybridized carbons (Fsp3) is 0.667. The van der Waals surface area contributed by atoms with E-state index in [0.29, 0.717) is 38.0 Å². The fourth-order valence-electron chi connectivity index (χ4n) is 4.65. The number of hydrogen-bond acceptors (Lipinski definition) is 3. The molecule has 6 nitrogen and oxygen atoms in total. The Morgan fingerprint density at radius 3 is 2.25 bits per heavy atom. The molecule has 0 spiro atoms. The van der Waals surface area contributed by atoms with Crippen molar-refractivity contribution in [2.75, 3.05) is 39.3 Å². The minimum absolute atomic E-state index is 0.0429. The number of piperidine rings is 1. The molecule has 28 heavy (non-hydrogen) atoms. The molecule has 1 amide bonds. The molecule has 1 aromatic rings. The highest BCUT2D eigenvalue weighted by Crippen LogP contribution is 2.21. The van der Waals surface area contributed by atoms with Gasteiger partial charge in [-0.05, 0) is 30.7 Å². The van der Waals surface area contributed by atoms with E-state index in [0.717, 1.165) is 18.7 Å². The minimum atomic E-state index is -3.32. The van der Waals surface area contributed by atoms with Crippen molar-refractivity contribution in [2.45, 2.75) is 39.0 Å². The number of rotatable bonds is 5. The third-order valence-corrected chi connectivity index (χ3v) is 7.96. The average molecular weight is 409 g/mol. The molecule has 2 aliphatic heterocycles. The van der Waals surface area contributed by atoms with Gasteiger partial charge in [-0.3, -0.25) is 4.79 Å². The SMILES string of the molecule is C[C@@H]1C[C@@H](C)CN(C(=O)[C@@H](C)[NH+]2CCN(S(=O)(=O)Cc3ccccc3)CC2)C1. The van der Waals surface area contributed by atoms with E-state index in [-0.39, 0.29) is 17.7 Å². The molecule has 7 heteroatoms. The number of carbonyl (C=O) groups excluding carboxylic acids is 1. The number of quaternary nitrogens is 1. The number of benzene rings is 1. The van der Waals surface area contributed by atoms with E-state index in [2.05, 4.69) is 13.8 Å². The van der Waals surface area contributed by atoms with Crippen molar-refractivity contribution in [3.05, 3.63) is 35.9 Å². The number of amides is 1. The van der Waals surface area contributed by atoms with Gasteiger partial charge < -0.3 is 9.80 Å². The van der Waals surface area contributed by atoms with Crippen molar-refractivity contribution in [1.29, 1.82) is 0 Å². The standard InChI is InChI=1S/C21H33N3O3S/c1-17-13-18(2)15-23(14-17)21(25)19(3)22-9-11-24(12-10-22)28(26,27)16-20-7-5-4-6-8-20/h4-8,17-19H,9-16H2,1-3H3/p+1/t17-,18-,19-/m1/s1. The van der Waals surface area contributed by atoms with Gasteiger partial charge in [-0.1, -0.05) is 44.2 Å². The third kappa shape index (κ3) is 5.13. The lowest BCUT2D eigenvalue weighted by Crippen LogP contribution is -3.19. The Bertz CT molecular complexity index is 750. The Hall–Kier alpha value is -1.44. The summed E-state index contributed by atoms with van der Waals surface area (Å²) in [4.78, 5) is 16.2. The maximum atomic E-state index is 13.0. The van der Waals surface area contributed by atoms with Gasteiger partial charge >= 0.3 is 0 Å². The smallest absolute Gasteiger partial charge is 0.280 e. The summed E-state index contributed by atoms with van der Waals surface area (Å²) in [7, 11) is -3.32. The van der Waals surface area contributed by atoms with Crippen LogP contribution in [-0.2, 0) is 20.6 Å². The zero-order valence-electron chi connectivity index (χ0n) is 17.3. The summed E-state index contributed by atoms with van der Waals surface area (Å²) in [5, 5.41) is 0. The van der Waals surface area contributed by atoms with Crippen molar-refractivity contribution in [3.63, 3.8) is 0 Å². The van der Waals surface area contributed by atoms with Gasteiger partial charge in [0, 0.05) is 13.1 Å². The number of nitrogens with one attached hydrogen (secondary N) is 1. The van der Waals surface area contributed by atoms with Crippen LogP contribution in [-0.4, -0.2) is 68.8 Å². The minimum Gasteiger partial charge on any atom is -0.337 e. The third-order valence-electron chi connectivity index (χ3n) is 6.11. The molecule has 3 atom stereocenters. The second kappa shape index (κ2) is 8.93. The number of likely N-dealkylation sites (tertiary alicyclic amines) is 1. The van der Waals surface area contributed by atoms with E-state index in [1.807, 2.05) is 42.2 Å². The zero-order chi connectivity index (χ0) is 20.3. The van der Waals surface area contributed by atoms with E-state index in [1.54, 1.807) is 4.31 Å². The van der Waals surface area contributed by atoms with E-state index < -0.39 is 10.0 Å². The maximum absolute atomic E-state index is 13.0. The van der Waals surface area contributed by atoms with Crippen molar-refractivity contribution in [2.24, 2.45) is 11.8 Å². The van der Waals surface area contributed by atoms with Crippen molar-refractivity contribution in [3.8, 4) is 0 Å². The fourth-order valence-corrected chi connectivity index (χ4v) is 6.19. The van der Waals surface area contributed by atoms with Gasteiger partial charge in [-0.25, -0.2) is 8.42 Å². The van der Waals surface area contributed by atoms with Crippen LogP contribution < -0.4 is 4.90 Å². The van der Waals surface area contributed by atoms with Crippen LogP contribution in [0.4, 0.5) is 0 Å². The Labute approximate surface area is 169 Å². The number of hydrogen-bond donors (Lipinski definition) is 1. The van der Waals surface area contributed by atoms with Gasteiger partial charge in [0.15, 0.2) is 6.04 Å². The predicted octanol–water partition coefficient (Wildman–Crippen LogP) is 0.610. The summed E-state index contributed by atoms with van der Waals surface area (Å²) in [6.07, 6.45) is 1.18. The van der Waals surface area contributed by atoms with Gasteiger partial charge in [0.25, 0.3) is 5.91 Å². The van der Waals surface area contributed by atoms with Crippen LogP contribution in [0.2, 0.25) is 0 Å². The molecule has 2 saturated heterocycles. The molecule has 1 N–H and O–H groups in total. The molecular formula is C21H34N3O3S+. The van der Waals surface area contributed by atoms with Crippen molar-refractivity contribution >= 4 is 15.9 Å². The summed E-state index contributed by atoms with van der Waals surface area (Å²) in [5.41, 5.74) is 0.814. The van der Waals surface area contributed by atoms with Crippen LogP contribution in [0.5, 0.6) is 0 Å². The molecular weight excluding hydrogens is 374 g/mol. The Balaban J connectivity index is 1.55. The monoisotopic (exact) mass is 408 g/mol. The molecule has 1 aromatic carbocycles. The van der Waals surface area contributed by atoms with Crippen molar-refractivity contribution < 1.29 is 18.1 Å². The highest BCUT2D eigenvalue weighted by molar-refractivity contribution is 7.88. The van der Waals surface area contributed by atoms with Crippen LogP contribution in [0, 0.1) is 11.8 Å². The normalized spacial score (nSPS) is 26.2. The molecule has 0 bridgehead atoms. The maximum Gasteiger partial charge on any atom is 0.280 e. The van der Waals surface area contributed by atoms with Gasteiger partial charge in [0.1, 0.15) is 0 Å². The van der Waals surface area contributed by atoms with Crippen LogP contribution in [0.1, 0.15) is 32.8 Å². The number of sulfonamides is 1. The average Bonchev–Trinajstić information content (AvgIpc) is 2.66. The number of piperazine rings is 1. The van der Waals surface area contributed by atoms with Crippen LogP contribution in [0.15, 0.2) is 30.3 Å². The van der Waals surface area contributed by atoms with Crippen LogP contribution in [0.3, 0.4) is 0 Å². The van der Waals surface area contributed by atoms with Crippen LogP contribution in [0.25, 0.3) is 0 Å². The summed E-state index contributed by atoms with van der Waals surface area (Å²) in [6, 6.07) is 9.20. The quantitative estimate of drug-likeness (QED) is 0.777. The molecule has 2 fully saturated rings. The Morgan fingerprint density at radius 2 is 1.68 bits per heavy atom. The largest absolute Gasteiger partial charge is 0.337 e. The number of carbonyl (C=O) groups is 1. The van der Waals surface area contributed by atoms with Gasteiger partial charge in [0.2, 0.25) is 10.0 Å². The first-order valence-corrected chi connectivity index (χ1v) is 12.0. The lowest BCUT2D eigenvalue weighted by Gasteiger charge is -2.39. The van der Waals surface area contributed by atoms with E-state index in [9.17, 15) is 13.2 Å². The summed E-state index contributed by atoms with van der Waals surface area (Å²) < 4.78 is 27.0. The van der Waals surface area contributed by atoms with Gasteiger partial charge in [-0.15, -0.1) is 0 Å². The number of nitrogens with zero attached hydrogens (tertiary/aromatic N) is 2. The summed E-state index contributed by atoms with van der Waals surface area (Å²) >= 11 is 0. The molecule has 0 saturated carbocycles. The summed E-state index contributed by atoms with van der Waals surface area (Å²) in [5.74, 6) is 1.36. The molecule has 0 aromatic heterocycles. The van der Waals surface area contributed by atoms with Gasteiger partial charge in [-0.2, -0.15) is 4.31 Å². The first kappa shape index (κ1) is 21.3. The van der Waals surface area contributed by atoms with Gasteiger partial charge in [0.05, 0.1) is 31.9 Å². The Morgan fingerprint density at radius 1 is 1.11 bits per heavy atom. The Kier molecular flexibility index (Phi) is 6.78. The molecule has 156 valence electrons. The highest BCUT2D eigenvalue weighted by Gasteiger charge is 2.36. The molecule has 0 unspecified atom stereocenters. The molecule has 0 aliphatic carbocycles. The van der Waals surface area contributed by atoms with E-state index in [4.69, 9.17) is 0 Å². The second-order valence-corrected chi connectivity index (χ2v) is 10.7. The lowest BCUT2D eigenvalue weighted by atomic mass is 9.91. The van der Waals surface area contributed by atoms with Crippen molar-refractivity contribution in [1.82, 2.24) is 9.21 Å². The molecule has 3 rings (SSSR count). The first-order valence-electron chi connectivity index (χ1n) is 10.4. The second-order valence-electron chi connectivity index (χ2n) is 8.71. The molecule has 2 heterocycles. The molecule has 2 aliphatic rings. The predicted molar refractivity (Wildman–Crippen MR) is 110 cm³/mol. The van der Waals surface area contributed by atoms with E-state index in [1.165, 1.54) is 11.3 Å². The first-order chi connectivity index (χ1) is 13.3. The zero-order valence-corrected chi connectivity index (χ0v) is 18.1. The summed E-state index contributed by atoms with van der Waals surface area (Å²) in [6.45, 7) is 10.4. The van der Waals surface area contributed by atoms with E-state index >= 15 is 0 Å². The van der Waals surface area contributed by atoms with Crippen LogP contribution >= 0.6 is 0 Å². The molecule has 0 radical (unpaired) electrons. The highest BCUT2D eigenvalue weighted by atomic mass is 32.2.